The van der Waals surface area contributed by atoms with Gasteiger partial charge in [0, 0.05) is 26.2 Å². The summed E-state index contributed by atoms with van der Waals surface area (Å²) in [6.07, 6.45) is 4.81. The van der Waals surface area contributed by atoms with E-state index in [2.05, 4.69) is 21.8 Å². The van der Waals surface area contributed by atoms with Crippen LogP contribution in [0.5, 0.6) is 0 Å². The molecule has 1 saturated heterocycles. The van der Waals surface area contributed by atoms with Crippen LogP contribution in [0.25, 0.3) is 0 Å². The minimum absolute atomic E-state index is 0.249. The van der Waals surface area contributed by atoms with Crippen molar-refractivity contribution in [3.8, 4) is 0 Å². The van der Waals surface area contributed by atoms with Gasteiger partial charge in [0.25, 0.3) is 0 Å². The molecule has 1 aromatic heterocycles. The predicted octanol–water partition coefficient (Wildman–Crippen LogP) is 0.550. The van der Waals surface area contributed by atoms with E-state index in [0.29, 0.717) is 6.54 Å². The van der Waals surface area contributed by atoms with Crippen LogP contribution in [-0.4, -0.2) is 35.8 Å². The zero-order valence-electron chi connectivity index (χ0n) is 9.59. The molecule has 1 aliphatic heterocycles. The van der Waals surface area contributed by atoms with Crippen LogP contribution < -0.4 is 10.6 Å². The molecule has 0 aliphatic carbocycles. The average molecular weight is 222 g/mol. The molecule has 0 amide bonds. The van der Waals surface area contributed by atoms with Crippen LogP contribution in [0.2, 0.25) is 0 Å². The van der Waals surface area contributed by atoms with Gasteiger partial charge >= 0.3 is 0 Å². The van der Waals surface area contributed by atoms with Crippen LogP contribution in [0.1, 0.15) is 19.0 Å². The first-order valence-electron chi connectivity index (χ1n) is 5.67. The van der Waals surface area contributed by atoms with Gasteiger partial charge in [-0.1, -0.05) is 0 Å². The summed E-state index contributed by atoms with van der Waals surface area (Å²) in [6, 6.07) is 0. The van der Waals surface area contributed by atoms with Crippen molar-refractivity contribution < 1.29 is 4.74 Å². The summed E-state index contributed by atoms with van der Waals surface area (Å²) in [4.78, 5) is 10.8. The first kappa shape index (κ1) is 11.3. The molecule has 1 aliphatic rings. The van der Waals surface area contributed by atoms with Crippen molar-refractivity contribution in [2.75, 3.05) is 24.6 Å². The zero-order valence-corrected chi connectivity index (χ0v) is 9.59. The van der Waals surface area contributed by atoms with E-state index in [1.165, 1.54) is 0 Å². The number of aromatic nitrogens is 2. The molecule has 0 saturated carbocycles. The number of rotatable bonds is 2. The van der Waals surface area contributed by atoms with E-state index in [9.17, 15) is 0 Å². The number of hydrogen-bond donors (Lipinski definition) is 1. The van der Waals surface area contributed by atoms with Gasteiger partial charge in [-0.05, 0) is 13.3 Å². The number of hydrogen-bond acceptors (Lipinski definition) is 5. The van der Waals surface area contributed by atoms with Gasteiger partial charge in [0.05, 0.1) is 24.2 Å². The number of anilines is 1. The van der Waals surface area contributed by atoms with Gasteiger partial charge in [0.1, 0.15) is 5.82 Å². The molecule has 1 unspecified atom stereocenters. The lowest BCUT2D eigenvalue weighted by molar-refractivity contribution is 0.0820. The van der Waals surface area contributed by atoms with Gasteiger partial charge in [-0.2, -0.15) is 0 Å². The van der Waals surface area contributed by atoms with E-state index in [4.69, 9.17) is 10.5 Å². The monoisotopic (exact) mass is 222 g/mol. The van der Waals surface area contributed by atoms with E-state index >= 15 is 0 Å². The van der Waals surface area contributed by atoms with E-state index in [-0.39, 0.29) is 6.10 Å². The predicted molar refractivity (Wildman–Crippen MR) is 62.2 cm³/mol. The van der Waals surface area contributed by atoms with Crippen molar-refractivity contribution in [1.29, 1.82) is 0 Å². The third kappa shape index (κ3) is 2.68. The largest absolute Gasteiger partial charge is 0.377 e. The molecule has 0 aromatic carbocycles. The number of ether oxygens (including phenoxy) is 1. The molecule has 0 bridgehead atoms. The van der Waals surface area contributed by atoms with E-state index in [1.54, 1.807) is 12.4 Å². The molecule has 1 aromatic rings. The highest BCUT2D eigenvalue weighted by Gasteiger charge is 2.16. The van der Waals surface area contributed by atoms with Gasteiger partial charge in [0.2, 0.25) is 0 Å². The first-order chi connectivity index (χ1) is 7.79. The van der Waals surface area contributed by atoms with Crippen molar-refractivity contribution in [3.63, 3.8) is 0 Å². The summed E-state index contributed by atoms with van der Waals surface area (Å²) in [6.45, 7) is 5.19. The van der Waals surface area contributed by atoms with Crippen LogP contribution in [0.4, 0.5) is 5.82 Å². The Morgan fingerprint density at radius 1 is 1.50 bits per heavy atom. The van der Waals surface area contributed by atoms with Crippen molar-refractivity contribution in [2.24, 2.45) is 5.73 Å². The summed E-state index contributed by atoms with van der Waals surface area (Å²) in [5.41, 5.74) is 6.31. The average Bonchev–Trinajstić information content (AvgIpc) is 2.54. The second kappa shape index (κ2) is 5.23. The second-order valence-corrected chi connectivity index (χ2v) is 4.05. The van der Waals surface area contributed by atoms with Gasteiger partial charge in [-0.25, -0.2) is 4.98 Å². The van der Waals surface area contributed by atoms with E-state index in [1.807, 2.05) is 0 Å². The Morgan fingerprint density at radius 2 is 2.38 bits per heavy atom. The third-order valence-corrected chi connectivity index (χ3v) is 2.68. The van der Waals surface area contributed by atoms with Gasteiger partial charge < -0.3 is 15.4 Å². The summed E-state index contributed by atoms with van der Waals surface area (Å²) in [5.74, 6) is 0.912. The smallest absolute Gasteiger partial charge is 0.147 e. The van der Waals surface area contributed by atoms with Crippen LogP contribution in [0.15, 0.2) is 12.4 Å². The normalized spacial score (nSPS) is 21.9. The van der Waals surface area contributed by atoms with Crippen molar-refractivity contribution >= 4 is 5.82 Å². The van der Waals surface area contributed by atoms with Crippen LogP contribution in [0.3, 0.4) is 0 Å². The van der Waals surface area contributed by atoms with Gasteiger partial charge in [-0.15, -0.1) is 0 Å². The van der Waals surface area contributed by atoms with E-state index < -0.39 is 0 Å². The van der Waals surface area contributed by atoms with Crippen molar-refractivity contribution in [1.82, 2.24) is 9.97 Å². The van der Waals surface area contributed by atoms with Crippen molar-refractivity contribution in [3.05, 3.63) is 18.1 Å². The molecule has 88 valence electrons. The maximum absolute atomic E-state index is 5.59. The fraction of sp³-hybridized carbons (Fsp3) is 0.636. The lowest BCUT2D eigenvalue weighted by Gasteiger charge is -2.22. The maximum atomic E-state index is 5.59. The lowest BCUT2D eigenvalue weighted by atomic mass is 10.3. The Hall–Kier alpha value is -1.20. The minimum Gasteiger partial charge on any atom is -0.377 e. The minimum atomic E-state index is 0.249. The topological polar surface area (TPSA) is 64.3 Å². The molecule has 1 atom stereocenters. The first-order valence-corrected chi connectivity index (χ1v) is 5.67. The Morgan fingerprint density at radius 3 is 3.06 bits per heavy atom. The Labute approximate surface area is 95.6 Å². The fourth-order valence-electron chi connectivity index (χ4n) is 1.82. The highest BCUT2D eigenvalue weighted by atomic mass is 16.5. The quantitative estimate of drug-likeness (QED) is 0.791. The molecular weight excluding hydrogens is 204 g/mol. The summed E-state index contributed by atoms with van der Waals surface area (Å²) >= 11 is 0. The standard InChI is InChI=1S/C11H18N4O/c1-9-8-15(3-2-4-16-9)11-7-13-10(5-12)6-14-11/h6-7,9H,2-5,8,12H2,1H3. The second-order valence-electron chi connectivity index (χ2n) is 4.05. The van der Waals surface area contributed by atoms with Crippen LogP contribution in [0, 0.1) is 0 Å². The van der Waals surface area contributed by atoms with Crippen molar-refractivity contribution in [2.45, 2.75) is 26.0 Å². The third-order valence-electron chi connectivity index (χ3n) is 2.68. The van der Waals surface area contributed by atoms with E-state index in [0.717, 1.165) is 37.6 Å². The lowest BCUT2D eigenvalue weighted by Crippen LogP contribution is -2.30. The van der Waals surface area contributed by atoms with Gasteiger partial charge in [-0.3, -0.25) is 4.98 Å². The molecule has 16 heavy (non-hydrogen) atoms. The Kier molecular flexibility index (Phi) is 3.69. The summed E-state index contributed by atoms with van der Waals surface area (Å²) < 4.78 is 5.59. The molecule has 2 heterocycles. The van der Waals surface area contributed by atoms with Crippen LogP contribution in [-0.2, 0) is 11.3 Å². The SMILES string of the molecule is CC1CN(c2cnc(CN)cn2)CCCO1. The maximum Gasteiger partial charge on any atom is 0.147 e. The number of nitrogens with two attached hydrogens (primary N) is 1. The molecule has 5 heteroatoms. The highest BCUT2D eigenvalue weighted by Crippen LogP contribution is 2.13. The summed E-state index contributed by atoms with van der Waals surface area (Å²) in [7, 11) is 0. The molecule has 0 radical (unpaired) electrons. The number of nitrogens with zero attached hydrogens (tertiary/aromatic N) is 3. The molecule has 5 nitrogen and oxygen atoms in total. The highest BCUT2D eigenvalue weighted by molar-refractivity contribution is 5.36. The Bertz CT molecular complexity index is 327. The molecule has 1 fully saturated rings. The molecule has 2 N–H and O–H groups in total. The summed E-state index contributed by atoms with van der Waals surface area (Å²) in [5, 5.41) is 0. The molecule has 2 rings (SSSR count). The Balaban J connectivity index is 2.09. The van der Waals surface area contributed by atoms with Crippen LogP contribution >= 0.6 is 0 Å². The fourth-order valence-corrected chi connectivity index (χ4v) is 1.82. The zero-order chi connectivity index (χ0) is 11.4. The molecular formula is C11H18N4O. The van der Waals surface area contributed by atoms with Gasteiger partial charge in [0.15, 0.2) is 0 Å². The molecule has 0 spiro atoms.